The molecule has 40 heavy (non-hydrogen) atoms. The van der Waals surface area contributed by atoms with Crippen molar-refractivity contribution in [2.75, 3.05) is 38.4 Å². The Hall–Kier alpha value is -4.71. The summed E-state index contributed by atoms with van der Waals surface area (Å²) in [5.74, 6) is 0.836. The number of benzene rings is 1. The third kappa shape index (κ3) is 9.55. The van der Waals surface area contributed by atoms with Crippen LogP contribution in [0.15, 0.2) is 67.1 Å². The van der Waals surface area contributed by atoms with E-state index in [-0.39, 0.29) is 18.6 Å². The maximum absolute atomic E-state index is 11.9. The number of halogens is 3. The molecule has 0 aliphatic heterocycles. The van der Waals surface area contributed by atoms with E-state index in [2.05, 4.69) is 66.7 Å². The highest BCUT2D eigenvalue weighted by Gasteiger charge is 2.31. The third-order valence-electron chi connectivity index (χ3n) is 5.27. The number of aryl methyl sites for hydroxylation is 1. The maximum atomic E-state index is 11.9. The van der Waals surface area contributed by atoms with E-state index in [9.17, 15) is 22.8 Å². The Labute approximate surface area is 229 Å². The zero-order chi connectivity index (χ0) is 29.5. The Balaban J connectivity index is 0.000000275. The summed E-state index contributed by atoms with van der Waals surface area (Å²) < 4.78 is 40.1. The first-order valence-electron chi connectivity index (χ1n) is 11.8. The van der Waals surface area contributed by atoms with Crippen LogP contribution in [0.2, 0.25) is 0 Å². The van der Waals surface area contributed by atoms with E-state index in [1.54, 1.807) is 6.20 Å². The lowest BCUT2D eigenvalue weighted by molar-refractivity contribution is -0.138. The number of pyridine rings is 2. The van der Waals surface area contributed by atoms with Gasteiger partial charge < -0.3 is 20.2 Å². The van der Waals surface area contributed by atoms with Gasteiger partial charge in [0.2, 0.25) is 0 Å². The second kappa shape index (κ2) is 15.6. The number of methoxy groups -OCH3 is 1. The molecule has 0 saturated carbocycles. The standard InChI is InChI=1S/C19H20N4.C6H3F3N2O.C3H6O2/c1-13-4-5-16(20-2)12-17(13)14-6-8-22-18(10-14)15-7-9-23-19(11-15)21-3;7-6(8,9)4-1-5(3-12)11-10-2-4;1-5-3-2-4/h4-12,20H,1-3H3,(H,21,23);1-3H;2H,3H2,1H3. The second-order valence-electron chi connectivity index (χ2n) is 8.00. The van der Waals surface area contributed by atoms with Crippen molar-refractivity contribution in [1.82, 2.24) is 20.2 Å². The highest BCUT2D eigenvalue weighted by atomic mass is 19.4. The highest BCUT2D eigenvalue weighted by Crippen LogP contribution is 2.30. The van der Waals surface area contributed by atoms with Gasteiger partial charge in [0.1, 0.15) is 24.4 Å². The molecule has 2 N–H and O–H groups in total. The van der Waals surface area contributed by atoms with E-state index in [1.807, 2.05) is 38.5 Å². The Kier molecular flexibility index (Phi) is 12.3. The molecule has 3 heterocycles. The second-order valence-corrected chi connectivity index (χ2v) is 8.00. The number of aromatic nitrogens is 4. The van der Waals surface area contributed by atoms with Crippen LogP contribution in [-0.2, 0) is 15.7 Å². The summed E-state index contributed by atoms with van der Waals surface area (Å²) in [6.45, 7) is 2.33. The summed E-state index contributed by atoms with van der Waals surface area (Å²) in [5, 5.41) is 12.4. The number of nitrogens with one attached hydrogen (secondary N) is 2. The summed E-state index contributed by atoms with van der Waals surface area (Å²) in [6, 6.07) is 15.2. The molecule has 0 amide bonds. The predicted octanol–water partition coefficient (Wildman–Crippen LogP) is 5.34. The van der Waals surface area contributed by atoms with Crippen molar-refractivity contribution in [3.8, 4) is 22.4 Å². The third-order valence-corrected chi connectivity index (χ3v) is 5.27. The largest absolute Gasteiger partial charge is 0.418 e. The minimum Gasteiger partial charge on any atom is -0.388 e. The topological polar surface area (TPSA) is 119 Å². The number of hydrogen-bond acceptors (Lipinski definition) is 9. The monoisotopic (exact) mass is 554 g/mol. The van der Waals surface area contributed by atoms with E-state index in [0.29, 0.717) is 18.5 Å². The van der Waals surface area contributed by atoms with Gasteiger partial charge in [0.05, 0.1) is 17.5 Å². The quantitative estimate of drug-likeness (QED) is 0.292. The van der Waals surface area contributed by atoms with E-state index in [0.717, 1.165) is 28.3 Å². The van der Waals surface area contributed by atoms with Gasteiger partial charge in [-0.05, 0) is 66.1 Å². The summed E-state index contributed by atoms with van der Waals surface area (Å²) in [6.07, 6.45) is 0.654. The van der Waals surface area contributed by atoms with Crippen LogP contribution >= 0.6 is 0 Å². The van der Waals surface area contributed by atoms with Crippen LogP contribution in [0.1, 0.15) is 21.6 Å². The van der Waals surface area contributed by atoms with Crippen LogP contribution in [-0.4, -0.2) is 60.5 Å². The molecule has 0 saturated heterocycles. The summed E-state index contributed by atoms with van der Waals surface area (Å²) in [4.78, 5) is 28.1. The molecule has 12 heteroatoms. The molecule has 0 spiro atoms. The number of anilines is 2. The van der Waals surface area contributed by atoms with Crippen LogP contribution in [0.5, 0.6) is 0 Å². The fourth-order valence-corrected chi connectivity index (χ4v) is 3.23. The van der Waals surface area contributed by atoms with Crippen molar-refractivity contribution in [3.05, 3.63) is 83.9 Å². The number of rotatable bonds is 7. The summed E-state index contributed by atoms with van der Waals surface area (Å²) >= 11 is 0. The lowest BCUT2D eigenvalue weighted by atomic mass is 9.99. The van der Waals surface area contributed by atoms with Crippen LogP contribution < -0.4 is 10.6 Å². The predicted molar refractivity (Wildman–Crippen MR) is 147 cm³/mol. The van der Waals surface area contributed by atoms with Gasteiger partial charge in [0.25, 0.3) is 0 Å². The normalized spacial score (nSPS) is 10.3. The van der Waals surface area contributed by atoms with E-state index < -0.39 is 11.7 Å². The molecular weight excluding hydrogens is 525 g/mol. The first-order chi connectivity index (χ1) is 19.2. The molecule has 0 aliphatic rings. The highest BCUT2D eigenvalue weighted by molar-refractivity contribution is 5.75. The SMILES string of the molecule is CNc1ccc(C)c(-c2ccnc(-c3ccnc(NC)c3)c2)c1.COCC=O.O=Cc1cc(C(F)(F)F)cnn1. The van der Waals surface area contributed by atoms with Crippen LogP contribution in [0.3, 0.4) is 0 Å². The molecule has 9 nitrogen and oxygen atoms in total. The Morgan fingerprint density at radius 2 is 1.65 bits per heavy atom. The Morgan fingerprint density at radius 1 is 0.925 bits per heavy atom. The summed E-state index contributed by atoms with van der Waals surface area (Å²) in [7, 11) is 5.28. The maximum Gasteiger partial charge on any atom is 0.418 e. The van der Waals surface area contributed by atoms with Gasteiger partial charge in [-0.2, -0.15) is 18.3 Å². The van der Waals surface area contributed by atoms with Crippen molar-refractivity contribution in [2.24, 2.45) is 0 Å². The van der Waals surface area contributed by atoms with Gasteiger partial charge >= 0.3 is 6.18 Å². The molecule has 1 aromatic carbocycles. The average Bonchev–Trinajstić information content (AvgIpc) is 2.98. The van der Waals surface area contributed by atoms with Crippen molar-refractivity contribution >= 4 is 24.1 Å². The number of nitrogens with zero attached hydrogens (tertiary/aromatic N) is 4. The van der Waals surface area contributed by atoms with E-state index >= 15 is 0 Å². The van der Waals surface area contributed by atoms with Gasteiger partial charge in [0, 0.05) is 44.8 Å². The molecule has 4 aromatic rings. The lowest BCUT2D eigenvalue weighted by Gasteiger charge is -2.11. The van der Waals surface area contributed by atoms with Crippen LogP contribution in [0, 0.1) is 6.92 Å². The van der Waals surface area contributed by atoms with Crippen molar-refractivity contribution in [1.29, 1.82) is 0 Å². The van der Waals surface area contributed by atoms with Crippen LogP contribution in [0.25, 0.3) is 22.4 Å². The number of alkyl halides is 3. The molecule has 0 fully saturated rings. The first-order valence-corrected chi connectivity index (χ1v) is 11.8. The van der Waals surface area contributed by atoms with Crippen LogP contribution in [0.4, 0.5) is 24.7 Å². The lowest BCUT2D eigenvalue weighted by Crippen LogP contribution is -2.07. The minimum atomic E-state index is -4.48. The van der Waals surface area contributed by atoms with E-state index in [4.69, 9.17) is 0 Å². The molecule has 0 radical (unpaired) electrons. The molecule has 0 aliphatic carbocycles. The summed E-state index contributed by atoms with van der Waals surface area (Å²) in [5.41, 5.74) is 5.40. The van der Waals surface area contributed by atoms with Gasteiger partial charge in [-0.15, -0.1) is 5.10 Å². The van der Waals surface area contributed by atoms with Crippen molar-refractivity contribution in [3.63, 3.8) is 0 Å². The van der Waals surface area contributed by atoms with Gasteiger partial charge in [-0.1, -0.05) is 6.07 Å². The Bertz CT molecular complexity index is 1400. The molecule has 0 bridgehead atoms. The Morgan fingerprint density at radius 3 is 2.25 bits per heavy atom. The molecular formula is C28H29F3N6O3. The minimum absolute atomic E-state index is 0.208. The first kappa shape index (κ1) is 31.5. The molecule has 3 aromatic heterocycles. The number of aldehydes is 2. The fourth-order valence-electron chi connectivity index (χ4n) is 3.23. The number of carbonyl (C=O) groups excluding carboxylic acids is 2. The number of hydrogen-bond donors (Lipinski definition) is 2. The molecule has 0 atom stereocenters. The zero-order valence-corrected chi connectivity index (χ0v) is 22.4. The average molecular weight is 555 g/mol. The van der Waals surface area contributed by atoms with Gasteiger partial charge in [-0.3, -0.25) is 9.78 Å². The van der Waals surface area contributed by atoms with Crippen molar-refractivity contribution in [2.45, 2.75) is 13.1 Å². The molecule has 4 rings (SSSR count). The smallest absolute Gasteiger partial charge is 0.388 e. The fraction of sp³-hybridized carbons (Fsp3) is 0.214. The molecule has 0 unspecified atom stereocenters. The van der Waals surface area contributed by atoms with Gasteiger partial charge in [0.15, 0.2) is 6.29 Å². The van der Waals surface area contributed by atoms with Crippen molar-refractivity contribution < 1.29 is 27.5 Å². The van der Waals surface area contributed by atoms with E-state index in [1.165, 1.54) is 18.2 Å². The van der Waals surface area contributed by atoms with Gasteiger partial charge in [-0.25, -0.2) is 4.98 Å². The zero-order valence-electron chi connectivity index (χ0n) is 22.4. The number of ether oxygens (including phenoxy) is 1. The molecule has 210 valence electrons. The number of carbonyl (C=O) groups is 2.